The molecule has 3 rings (SSSR count). The van der Waals surface area contributed by atoms with E-state index in [2.05, 4.69) is 4.98 Å². The van der Waals surface area contributed by atoms with Crippen LogP contribution >= 0.6 is 11.3 Å². The lowest BCUT2D eigenvalue weighted by Crippen LogP contribution is -2.22. The fourth-order valence-electron chi connectivity index (χ4n) is 2.60. The Hall–Kier alpha value is -3.47. The number of ether oxygens (including phenoxy) is 1. The highest BCUT2D eigenvalue weighted by Crippen LogP contribution is 2.39. The molecule has 0 bridgehead atoms. The number of carbonyl (C=O) groups excluding carboxylic acids is 1. The quantitative estimate of drug-likeness (QED) is 0.384. The van der Waals surface area contributed by atoms with Crippen molar-refractivity contribution in [2.75, 3.05) is 4.90 Å². The van der Waals surface area contributed by atoms with Crippen molar-refractivity contribution in [2.24, 2.45) is 0 Å². The summed E-state index contributed by atoms with van der Waals surface area (Å²) in [6.07, 6.45) is -4.83. The number of hydrogen-bond donors (Lipinski definition) is 0. The van der Waals surface area contributed by atoms with Crippen LogP contribution in [0.25, 0.3) is 0 Å². The highest BCUT2D eigenvalue weighted by molar-refractivity contribution is 7.14. The first kappa shape index (κ1) is 21.2. The number of carbonyl (C=O) groups is 1. The number of benzene rings is 2. The third-order valence-electron chi connectivity index (χ3n) is 3.92. The number of nitrogens with zero attached hydrogens (tertiary/aromatic N) is 3. The highest BCUT2D eigenvalue weighted by Gasteiger charge is 2.36. The second-order valence-corrected chi connectivity index (χ2v) is 6.87. The summed E-state index contributed by atoms with van der Waals surface area (Å²) < 4.78 is 45.0. The summed E-state index contributed by atoms with van der Waals surface area (Å²) in [6, 6.07) is 11.0. The third kappa shape index (κ3) is 4.74. The summed E-state index contributed by atoms with van der Waals surface area (Å²) in [7, 11) is 0. The van der Waals surface area contributed by atoms with Gasteiger partial charge in [0.05, 0.1) is 16.3 Å². The molecule has 0 saturated carbocycles. The molecule has 1 amide bonds. The molecule has 0 aliphatic heterocycles. The largest absolute Gasteiger partial charge is 0.487 e. The molecular weight excluding hydrogens is 423 g/mol. The van der Waals surface area contributed by atoms with Gasteiger partial charge in [0.1, 0.15) is 17.9 Å². The number of anilines is 2. The molecule has 2 aromatic carbocycles. The summed E-state index contributed by atoms with van der Waals surface area (Å²) in [4.78, 5) is 27.6. The molecule has 156 valence electrons. The van der Waals surface area contributed by atoms with Gasteiger partial charge in [0.15, 0.2) is 5.13 Å². The van der Waals surface area contributed by atoms with Gasteiger partial charge in [-0.3, -0.25) is 19.8 Å². The Morgan fingerprint density at radius 3 is 2.53 bits per heavy atom. The Bertz CT molecular complexity index is 1070. The molecule has 3 aromatic rings. The Morgan fingerprint density at radius 2 is 1.93 bits per heavy atom. The van der Waals surface area contributed by atoms with E-state index in [0.29, 0.717) is 22.6 Å². The first-order chi connectivity index (χ1) is 14.2. The number of halogens is 3. The van der Waals surface area contributed by atoms with Crippen LogP contribution in [0, 0.1) is 10.1 Å². The topological polar surface area (TPSA) is 85.6 Å². The minimum absolute atomic E-state index is 0.280. The molecule has 0 unspecified atom stereocenters. The molecule has 0 atom stereocenters. The van der Waals surface area contributed by atoms with Gasteiger partial charge in [-0.15, -0.1) is 11.3 Å². The van der Waals surface area contributed by atoms with Gasteiger partial charge in [-0.2, -0.15) is 13.2 Å². The van der Waals surface area contributed by atoms with Crippen molar-refractivity contribution in [1.29, 1.82) is 0 Å². The number of rotatable bonds is 6. The summed E-state index contributed by atoms with van der Waals surface area (Å²) in [5.41, 5.74) is -1.03. The van der Waals surface area contributed by atoms with Crippen LogP contribution in [0.1, 0.15) is 18.2 Å². The van der Waals surface area contributed by atoms with E-state index in [1.807, 2.05) is 0 Å². The van der Waals surface area contributed by atoms with E-state index in [1.165, 1.54) is 11.8 Å². The summed E-state index contributed by atoms with van der Waals surface area (Å²) in [5, 5.41) is 12.7. The van der Waals surface area contributed by atoms with E-state index in [4.69, 9.17) is 4.74 Å². The van der Waals surface area contributed by atoms with Gasteiger partial charge < -0.3 is 4.74 Å². The lowest BCUT2D eigenvalue weighted by atomic mass is 10.1. The number of amides is 1. The number of alkyl halides is 3. The van der Waals surface area contributed by atoms with Crippen LogP contribution in [-0.4, -0.2) is 15.8 Å². The SMILES string of the molecule is CC(=O)N(c1ccccc1)c1nc(COc2ccc([N+](=O)[O-])cc2C(F)(F)F)cs1. The number of non-ortho nitro benzene ring substituents is 1. The van der Waals surface area contributed by atoms with Crippen molar-refractivity contribution in [3.8, 4) is 5.75 Å². The fourth-order valence-corrected chi connectivity index (χ4v) is 3.47. The van der Waals surface area contributed by atoms with E-state index < -0.39 is 28.1 Å². The van der Waals surface area contributed by atoms with E-state index in [9.17, 15) is 28.1 Å². The number of aromatic nitrogens is 1. The van der Waals surface area contributed by atoms with Crippen LogP contribution in [-0.2, 0) is 17.6 Å². The van der Waals surface area contributed by atoms with Crippen LogP contribution in [0.5, 0.6) is 5.75 Å². The molecule has 1 aromatic heterocycles. The molecule has 0 aliphatic rings. The molecule has 0 N–H and O–H groups in total. The molecule has 1 heterocycles. The number of para-hydroxylation sites is 1. The van der Waals surface area contributed by atoms with Gasteiger partial charge in [0, 0.05) is 24.4 Å². The van der Waals surface area contributed by atoms with Gasteiger partial charge in [-0.25, -0.2) is 4.98 Å². The van der Waals surface area contributed by atoms with Crippen LogP contribution in [0.3, 0.4) is 0 Å². The normalized spacial score (nSPS) is 11.2. The minimum atomic E-state index is -4.83. The molecule has 11 heteroatoms. The first-order valence-electron chi connectivity index (χ1n) is 8.45. The fraction of sp³-hybridized carbons (Fsp3) is 0.158. The number of hydrogen-bond acceptors (Lipinski definition) is 6. The summed E-state index contributed by atoms with van der Waals surface area (Å²) in [6.45, 7) is 1.06. The molecule has 0 saturated heterocycles. The lowest BCUT2D eigenvalue weighted by molar-refractivity contribution is -0.385. The molecule has 0 spiro atoms. The molecule has 7 nitrogen and oxygen atoms in total. The maximum absolute atomic E-state index is 13.2. The monoisotopic (exact) mass is 437 g/mol. The Labute approximate surface area is 172 Å². The first-order valence-corrected chi connectivity index (χ1v) is 9.33. The standard InChI is InChI=1S/C19H14F3N3O4S/c1-12(26)24(14-5-3-2-4-6-14)18-23-13(11-30-18)10-29-17-8-7-15(25(27)28)9-16(17)19(20,21)22/h2-9,11H,10H2,1H3. The summed E-state index contributed by atoms with van der Waals surface area (Å²) in [5.74, 6) is -0.827. The zero-order chi connectivity index (χ0) is 21.9. The van der Waals surface area contributed by atoms with Crippen molar-refractivity contribution in [1.82, 2.24) is 4.98 Å². The predicted molar refractivity (Wildman–Crippen MR) is 104 cm³/mol. The Balaban J connectivity index is 1.82. The van der Waals surface area contributed by atoms with E-state index in [-0.39, 0.29) is 12.5 Å². The van der Waals surface area contributed by atoms with Gasteiger partial charge >= 0.3 is 6.18 Å². The second-order valence-electron chi connectivity index (χ2n) is 6.04. The molecule has 0 radical (unpaired) electrons. The second kappa shape index (κ2) is 8.49. The van der Waals surface area contributed by atoms with Crippen molar-refractivity contribution < 1.29 is 27.6 Å². The predicted octanol–water partition coefficient (Wildman–Crippen LogP) is 5.33. The highest BCUT2D eigenvalue weighted by atomic mass is 32.1. The minimum Gasteiger partial charge on any atom is -0.487 e. The van der Waals surface area contributed by atoms with Gasteiger partial charge in [0.2, 0.25) is 5.91 Å². The summed E-state index contributed by atoms with van der Waals surface area (Å²) >= 11 is 1.13. The third-order valence-corrected chi connectivity index (χ3v) is 4.79. The average molecular weight is 437 g/mol. The van der Waals surface area contributed by atoms with Crippen molar-refractivity contribution in [2.45, 2.75) is 19.7 Å². The smallest absolute Gasteiger partial charge is 0.420 e. The maximum Gasteiger partial charge on any atom is 0.420 e. The van der Waals surface area contributed by atoms with Crippen LogP contribution in [0.4, 0.5) is 29.7 Å². The van der Waals surface area contributed by atoms with E-state index >= 15 is 0 Å². The number of nitro benzene ring substituents is 1. The number of thiazole rings is 1. The van der Waals surface area contributed by atoms with Crippen LogP contribution in [0.2, 0.25) is 0 Å². The van der Waals surface area contributed by atoms with Crippen molar-refractivity contribution in [3.63, 3.8) is 0 Å². The Kier molecular flexibility index (Phi) is 6.01. The van der Waals surface area contributed by atoms with Gasteiger partial charge in [-0.1, -0.05) is 18.2 Å². The molecule has 0 aliphatic carbocycles. The lowest BCUT2D eigenvalue weighted by Gasteiger charge is -2.17. The zero-order valence-corrected chi connectivity index (χ0v) is 16.2. The van der Waals surface area contributed by atoms with Crippen LogP contribution in [0.15, 0.2) is 53.9 Å². The number of nitro groups is 1. The van der Waals surface area contributed by atoms with Gasteiger partial charge in [-0.05, 0) is 18.2 Å². The van der Waals surface area contributed by atoms with E-state index in [0.717, 1.165) is 23.5 Å². The van der Waals surface area contributed by atoms with Crippen LogP contribution < -0.4 is 9.64 Å². The zero-order valence-electron chi connectivity index (χ0n) is 15.4. The van der Waals surface area contributed by atoms with E-state index in [1.54, 1.807) is 35.7 Å². The van der Waals surface area contributed by atoms with Gasteiger partial charge in [0.25, 0.3) is 5.69 Å². The van der Waals surface area contributed by atoms with Crippen molar-refractivity contribution in [3.05, 3.63) is 75.3 Å². The molecule has 30 heavy (non-hydrogen) atoms. The van der Waals surface area contributed by atoms with Crippen molar-refractivity contribution >= 4 is 33.8 Å². The maximum atomic E-state index is 13.2. The average Bonchev–Trinajstić information content (AvgIpc) is 3.14. The molecule has 0 fully saturated rings. The molecular formula is C19H14F3N3O4S. The Morgan fingerprint density at radius 1 is 1.23 bits per heavy atom.